The molecule has 1 heterocycles. The molecule has 1 saturated heterocycles. The molecular formula is C14H26N2O4S. The van der Waals surface area contributed by atoms with Crippen molar-refractivity contribution in [2.75, 3.05) is 38.7 Å². The van der Waals surface area contributed by atoms with Gasteiger partial charge in [-0.3, -0.25) is 9.59 Å². The first kappa shape index (κ1) is 17.9. The Morgan fingerprint density at radius 3 is 2.52 bits per heavy atom. The van der Waals surface area contributed by atoms with Crippen LogP contribution in [0.2, 0.25) is 0 Å². The van der Waals surface area contributed by atoms with Gasteiger partial charge in [-0.25, -0.2) is 8.42 Å². The third-order valence-corrected chi connectivity index (χ3v) is 5.30. The summed E-state index contributed by atoms with van der Waals surface area (Å²) >= 11 is 0. The molecule has 6 nitrogen and oxygen atoms in total. The molecule has 1 fully saturated rings. The summed E-state index contributed by atoms with van der Waals surface area (Å²) in [5.41, 5.74) is 0. The quantitative estimate of drug-likeness (QED) is 0.716. The Kier molecular flexibility index (Phi) is 6.64. The summed E-state index contributed by atoms with van der Waals surface area (Å²) in [6, 6.07) is 0. The highest BCUT2D eigenvalue weighted by atomic mass is 32.2. The van der Waals surface area contributed by atoms with E-state index in [4.69, 9.17) is 0 Å². The van der Waals surface area contributed by atoms with E-state index in [1.54, 1.807) is 19.0 Å². The zero-order chi connectivity index (χ0) is 16.0. The summed E-state index contributed by atoms with van der Waals surface area (Å²) in [6.07, 6.45) is 2.48. The van der Waals surface area contributed by atoms with Crippen LogP contribution in [0.4, 0.5) is 0 Å². The smallest absolute Gasteiger partial charge is 0.237 e. The standard InChI is InChI=1S/C14H26N2O4S/c1-12-6-4-8-16(10-12)14(18)11-21(19,20)9-5-7-13(17)15(2)3/h12H,4-11H2,1-3H3/t12-/m0/s1. The lowest BCUT2D eigenvalue weighted by molar-refractivity contribution is -0.130. The zero-order valence-electron chi connectivity index (χ0n) is 13.2. The van der Waals surface area contributed by atoms with E-state index in [1.165, 1.54) is 4.90 Å². The number of sulfone groups is 1. The van der Waals surface area contributed by atoms with Crippen molar-refractivity contribution in [2.45, 2.75) is 32.6 Å². The molecule has 21 heavy (non-hydrogen) atoms. The van der Waals surface area contributed by atoms with Crippen LogP contribution in [-0.2, 0) is 19.4 Å². The maximum absolute atomic E-state index is 12.0. The monoisotopic (exact) mass is 318 g/mol. The molecule has 0 aromatic carbocycles. The number of carbonyl (C=O) groups excluding carboxylic acids is 2. The van der Waals surface area contributed by atoms with Crippen molar-refractivity contribution in [1.29, 1.82) is 0 Å². The second kappa shape index (κ2) is 7.77. The van der Waals surface area contributed by atoms with Crippen LogP contribution >= 0.6 is 0 Å². The predicted octanol–water partition coefficient (Wildman–Crippen LogP) is 0.528. The first-order valence-electron chi connectivity index (χ1n) is 7.39. The first-order valence-corrected chi connectivity index (χ1v) is 9.22. The lowest BCUT2D eigenvalue weighted by Gasteiger charge is -2.30. The van der Waals surface area contributed by atoms with Crippen LogP contribution in [-0.4, -0.2) is 68.7 Å². The maximum Gasteiger partial charge on any atom is 0.237 e. The summed E-state index contributed by atoms with van der Waals surface area (Å²) in [5, 5.41) is 0. The van der Waals surface area contributed by atoms with Crippen molar-refractivity contribution in [3.05, 3.63) is 0 Å². The second-order valence-electron chi connectivity index (χ2n) is 6.07. The maximum atomic E-state index is 12.0. The molecule has 1 aliphatic rings. The van der Waals surface area contributed by atoms with Crippen LogP contribution in [0.15, 0.2) is 0 Å². The van der Waals surface area contributed by atoms with E-state index in [2.05, 4.69) is 6.92 Å². The van der Waals surface area contributed by atoms with E-state index < -0.39 is 15.6 Å². The fraction of sp³-hybridized carbons (Fsp3) is 0.857. The van der Waals surface area contributed by atoms with Crippen molar-refractivity contribution in [2.24, 2.45) is 5.92 Å². The number of rotatable bonds is 6. The van der Waals surface area contributed by atoms with Gasteiger partial charge in [0.15, 0.2) is 9.84 Å². The lowest BCUT2D eigenvalue weighted by Crippen LogP contribution is -2.42. The van der Waals surface area contributed by atoms with Gasteiger partial charge >= 0.3 is 0 Å². The molecule has 0 saturated carbocycles. The molecule has 0 aromatic rings. The third kappa shape index (κ3) is 6.46. The highest BCUT2D eigenvalue weighted by Gasteiger charge is 2.25. The van der Waals surface area contributed by atoms with Crippen LogP contribution in [0.1, 0.15) is 32.6 Å². The summed E-state index contributed by atoms with van der Waals surface area (Å²) in [4.78, 5) is 26.5. The number of likely N-dealkylation sites (tertiary alicyclic amines) is 1. The minimum absolute atomic E-state index is 0.0959. The van der Waals surface area contributed by atoms with Crippen molar-refractivity contribution in [3.63, 3.8) is 0 Å². The van der Waals surface area contributed by atoms with E-state index >= 15 is 0 Å². The Morgan fingerprint density at radius 1 is 1.29 bits per heavy atom. The molecule has 0 aromatic heterocycles. The van der Waals surface area contributed by atoms with E-state index in [1.807, 2.05) is 0 Å². The molecule has 0 N–H and O–H groups in total. The average Bonchev–Trinajstić information content (AvgIpc) is 2.37. The molecular weight excluding hydrogens is 292 g/mol. The van der Waals surface area contributed by atoms with Crippen molar-refractivity contribution in [3.8, 4) is 0 Å². The Balaban J connectivity index is 2.41. The fourth-order valence-electron chi connectivity index (χ4n) is 2.43. The Labute approximate surface area is 127 Å². The number of hydrogen-bond donors (Lipinski definition) is 0. The van der Waals surface area contributed by atoms with Gasteiger partial charge in [0.25, 0.3) is 0 Å². The number of piperidine rings is 1. The van der Waals surface area contributed by atoms with Crippen LogP contribution < -0.4 is 0 Å². The van der Waals surface area contributed by atoms with Gasteiger partial charge in [-0.1, -0.05) is 6.92 Å². The van der Waals surface area contributed by atoms with E-state index in [9.17, 15) is 18.0 Å². The summed E-state index contributed by atoms with van der Waals surface area (Å²) in [5.74, 6) is -0.512. The average molecular weight is 318 g/mol. The van der Waals surface area contributed by atoms with E-state index in [0.29, 0.717) is 19.0 Å². The Hall–Kier alpha value is -1.11. The molecule has 7 heteroatoms. The van der Waals surface area contributed by atoms with Gasteiger partial charge in [-0.15, -0.1) is 0 Å². The molecule has 0 radical (unpaired) electrons. The lowest BCUT2D eigenvalue weighted by atomic mass is 10.0. The molecule has 1 aliphatic heterocycles. The van der Waals surface area contributed by atoms with Gasteiger partial charge < -0.3 is 9.80 Å². The molecule has 0 unspecified atom stereocenters. The second-order valence-corrected chi connectivity index (χ2v) is 8.25. The fourth-order valence-corrected chi connectivity index (χ4v) is 3.72. The first-order chi connectivity index (χ1) is 9.71. The van der Waals surface area contributed by atoms with Crippen LogP contribution in [0.3, 0.4) is 0 Å². The van der Waals surface area contributed by atoms with Gasteiger partial charge in [0.1, 0.15) is 5.75 Å². The SMILES string of the molecule is C[C@H]1CCCN(C(=O)CS(=O)(=O)CCCC(=O)N(C)C)C1. The molecule has 1 atom stereocenters. The zero-order valence-corrected chi connectivity index (χ0v) is 14.0. The van der Waals surface area contributed by atoms with Crippen LogP contribution in [0.25, 0.3) is 0 Å². The van der Waals surface area contributed by atoms with E-state index in [-0.39, 0.29) is 30.4 Å². The van der Waals surface area contributed by atoms with Crippen molar-refractivity contribution < 1.29 is 18.0 Å². The molecule has 0 bridgehead atoms. The Bertz CT molecular complexity index is 473. The summed E-state index contributed by atoms with van der Waals surface area (Å²) in [7, 11) is -0.157. The predicted molar refractivity (Wildman–Crippen MR) is 81.6 cm³/mol. The van der Waals surface area contributed by atoms with Crippen molar-refractivity contribution in [1.82, 2.24) is 9.80 Å². The summed E-state index contributed by atoms with van der Waals surface area (Å²) in [6.45, 7) is 3.37. The van der Waals surface area contributed by atoms with E-state index in [0.717, 1.165) is 12.8 Å². The molecule has 0 aliphatic carbocycles. The van der Waals surface area contributed by atoms with Gasteiger partial charge in [0.05, 0.1) is 5.75 Å². The molecule has 1 rings (SSSR count). The highest BCUT2D eigenvalue weighted by molar-refractivity contribution is 7.92. The van der Waals surface area contributed by atoms with Crippen LogP contribution in [0.5, 0.6) is 0 Å². The number of amides is 2. The van der Waals surface area contributed by atoms with Gasteiger partial charge in [-0.05, 0) is 25.2 Å². The number of carbonyl (C=O) groups is 2. The van der Waals surface area contributed by atoms with Crippen molar-refractivity contribution >= 4 is 21.7 Å². The van der Waals surface area contributed by atoms with Gasteiger partial charge in [0.2, 0.25) is 11.8 Å². The topological polar surface area (TPSA) is 74.8 Å². The Morgan fingerprint density at radius 2 is 1.95 bits per heavy atom. The van der Waals surface area contributed by atoms with Gasteiger partial charge in [0, 0.05) is 33.6 Å². The number of nitrogens with zero attached hydrogens (tertiary/aromatic N) is 2. The molecule has 2 amide bonds. The minimum atomic E-state index is -3.43. The summed E-state index contributed by atoms with van der Waals surface area (Å²) < 4.78 is 23.9. The molecule has 122 valence electrons. The highest BCUT2D eigenvalue weighted by Crippen LogP contribution is 2.16. The van der Waals surface area contributed by atoms with Gasteiger partial charge in [-0.2, -0.15) is 0 Å². The largest absolute Gasteiger partial charge is 0.349 e. The normalized spacial score (nSPS) is 19.4. The minimum Gasteiger partial charge on any atom is -0.349 e. The molecule has 0 spiro atoms. The van der Waals surface area contributed by atoms with Crippen LogP contribution in [0, 0.1) is 5.92 Å². The third-order valence-electron chi connectivity index (χ3n) is 3.70. The number of hydrogen-bond acceptors (Lipinski definition) is 4.